The molecule has 0 aliphatic carbocycles. The summed E-state index contributed by atoms with van der Waals surface area (Å²) in [6.45, 7) is 1.29. The highest BCUT2D eigenvalue weighted by Crippen LogP contribution is 2.17. The Kier molecular flexibility index (Phi) is 5.77. The number of carbonyl (C=O) groups excluding carboxylic acids is 2. The quantitative estimate of drug-likeness (QED) is 0.725. The van der Waals surface area contributed by atoms with Gasteiger partial charge in [-0.05, 0) is 0 Å². The zero-order valence-corrected chi connectivity index (χ0v) is 16.2. The van der Waals surface area contributed by atoms with E-state index in [1.165, 1.54) is 34.2 Å². The Morgan fingerprint density at radius 1 is 1.22 bits per heavy atom. The van der Waals surface area contributed by atoms with Crippen LogP contribution in [-0.4, -0.2) is 76.8 Å². The summed E-state index contributed by atoms with van der Waals surface area (Å²) in [5, 5.41) is 4.70. The van der Waals surface area contributed by atoms with Gasteiger partial charge in [0.2, 0.25) is 15.9 Å². The van der Waals surface area contributed by atoms with Gasteiger partial charge in [-0.25, -0.2) is 18.4 Å². The summed E-state index contributed by atoms with van der Waals surface area (Å²) in [5.74, 6) is -0.549. The second-order valence-corrected chi connectivity index (χ2v) is 8.75. The molecule has 12 heteroatoms. The van der Waals surface area contributed by atoms with Gasteiger partial charge in [0.1, 0.15) is 5.69 Å². The molecule has 2 aromatic heterocycles. The first-order valence-corrected chi connectivity index (χ1v) is 10.8. The molecule has 2 aromatic rings. The van der Waals surface area contributed by atoms with Crippen LogP contribution in [0.3, 0.4) is 0 Å². The molecule has 0 spiro atoms. The maximum atomic E-state index is 12.4. The van der Waals surface area contributed by atoms with Gasteiger partial charge < -0.3 is 4.90 Å². The van der Waals surface area contributed by atoms with Crippen LogP contribution in [0.15, 0.2) is 24.0 Å². The molecular weight excluding hydrogens is 392 g/mol. The van der Waals surface area contributed by atoms with E-state index < -0.39 is 15.9 Å². The van der Waals surface area contributed by atoms with E-state index in [0.29, 0.717) is 37.0 Å². The Balaban J connectivity index is 1.53. The lowest BCUT2D eigenvalue weighted by molar-refractivity contribution is -0.131. The molecular formula is C15H18N6O4S2. The Morgan fingerprint density at radius 3 is 2.59 bits per heavy atom. The van der Waals surface area contributed by atoms with E-state index >= 15 is 0 Å². The number of nitrogens with zero attached hydrogens (tertiary/aromatic N) is 5. The molecule has 2 amide bonds. The number of hydrogen-bond donors (Lipinski definition) is 1. The number of thiazole rings is 1. The molecule has 1 aliphatic rings. The predicted octanol–water partition coefficient (Wildman–Crippen LogP) is -0.168. The topological polar surface area (TPSA) is 125 Å². The third-order valence-electron chi connectivity index (χ3n) is 3.96. The normalized spacial score (nSPS) is 15.5. The molecule has 27 heavy (non-hydrogen) atoms. The van der Waals surface area contributed by atoms with Crippen molar-refractivity contribution in [1.82, 2.24) is 24.2 Å². The van der Waals surface area contributed by atoms with Crippen molar-refractivity contribution in [3.05, 3.63) is 35.4 Å². The number of carbonyl (C=O) groups is 2. The highest BCUT2D eigenvalue weighted by molar-refractivity contribution is 7.88. The highest BCUT2D eigenvalue weighted by Gasteiger charge is 2.26. The minimum absolute atomic E-state index is 0.0936. The number of nitrogens with one attached hydrogen (secondary N) is 1. The second-order valence-electron chi connectivity index (χ2n) is 5.91. The molecule has 0 saturated carbocycles. The van der Waals surface area contributed by atoms with Gasteiger partial charge in [0, 0.05) is 44.0 Å². The van der Waals surface area contributed by atoms with E-state index in [4.69, 9.17) is 0 Å². The molecule has 1 saturated heterocycles. The Morgan fingerprint density at radius 2 is 1.96 bits per heavy atom. The molecule has 0 atom stereocenters. The lowest BCUT2D eigenvalue weighted by Crippen LogP contribution is -2.50. The summed E-state index contributed by atoms with van der Waals surface area (Å²) >= 11 is 1.22. The van der Waals surface area contributed by atoms with E-state index in [1.54, 1.807) is 10.3 Å². The van der Waals surface area contributed by atoms with E-state index in [1.807, 2.05) is 0 Å². The van der Waals surface area contributed by atoms with Crippen molar-refractivity contribution in [2.45, 2.75) is 6.42 Å². The van der Waals surface area contributed by atoms with Gasteiger partial charge in [0.25, 0.3) is 5.91 Å². The molecule has 144 valence electrons. The molecule has 1 aliphatic heterocycles. The second kappa shape index (κ2) is 8.06. The first-order valence-electron chi connectivity index (χ1n) is 8.07. The van der Waals surface area contributed by atoms with Crippen molar-refractivity contribution < 1.29 is 18.0 Å². The van der Waals surface area contributed by atoms with Crippen molar-refractivity contribution in [1.29, 1.82) is 0 Å². The number of hydrogen-bond acceptors (Lipinski definition) is 8. The number of rotatable bonds is 5. The van der Waals surface area contributed by atoms with Crippen LogP contribution in [0.25, 0.3) is 0 Å². The summed E-state index contributed by atoms with van der Waals surface area (Å²) < 4.78 is 24.4. The minimum Gasteiger partial charge on any atom is -0.340 e. The average Bonchev–Trinajstić information content (AvgIpc) is 3.08. The van der Waals surface area contributed by atoms with E-state index in [-0.39, 0.29) is 18.0 Å². The Hall–Kier alpha value is -2.44. The van der Waals surface area contributed by atoms with Crippen LogP contribution in [0, 0.1) is 0 Å². The molecule has 3 rings (SSSR count). The van der Waals surface area contributed by atoms with Gasteiger partial charge in [-0.3, -0.25) is 19.9 Å². The van der Waals surface area contributed by atoms with E-state index in [0.717, 1.165) is 6.26 Å². The van der Waals surface area contributed by atoms with Crippen LogP contribution in [-0.2, 0) is 21.2 Å². The first kappa shape index (κ1) is 19.3. The minimum atomic E-state index is -3.23. The largest absolute Gasteiger partial charge is 0.340 e. The van der Waals surface area contributed by atoms with Crippen molar-refractivity contribution in [3.63, 3.8) is 0 Å². The lowest BCUT2D eigenvalue weighted by atomic mass is 10.2. The van der Waals surface area contributed by atoms with E-state index in [2.05, 4.69) is 20.3 Å². The smallest absolute Gasteiger partial charge is 0.277 e. The Bertz CT molecular complexity index is 923. The fraction of sp³-hybridized carbons (Fsp3) is 0.400. The SMILES string of the molecule is CS(=O)(=O)N1CCN(C(=O)Cc2csc(NC(=O)c3cnccn3)n2)CC1. The summed E-state index contributed by atoms with van der Waals surface area (Å²) in [5.41, 5.74) is 0.721. The number of anilines is 1. The maximum Gasteiger partial charge on any atom is 0.277 e. The summed E-state index contributed by atoms with van der Waals surface area (Å²) in [6, 6.07) is 0. The van der Waals surface area contributed by atoms with Crippen LogP contribution >= 0.6 is 11.3 Å². The summed E-state index contributed by atoms with van der Waals surface area (Å²) in [6.07, 6.45) is 5.50. The third-order valence-corrected chi connectivity index (χ3v) is 6.07. The molecule has 0 unspecified atom stereocenters. The van der Waals surface area contributed by atoms with Gasteiger partial charge in [0.05, 0.1) is 24.6 Å². The number of piperazine rings is 1. The fourth-order valence-electron chi connectivity index (χ4n) is 2.56. The van der Waals surface area contributed by atoms with Crippen LogP contribution in [0.5, 0.6) is 0 Å². The standard InChI is InChI=1S/C15H18N6O4S2/c1-27(24,25)21-6-4-20(5-7-21)13(22)8-11-10-26-15(18-11)19-14(23)12-9-16-2-3-17-12/h2-3,9-10H,4-8H2,1H3,(H,18,19,23). The lowest BCUT2D eigenvalue weighted by Gasteiger charge is -2.33. The molecule has 3 heterocycles. The van der Waals surface area contributed by atoms with Gasteiger partial charge in [-0.15, -0.1) is 11.3 Å². The predicted molar refractivity (Wildman–Crippen MR) is 98.8 cm³/mol. The van der Waals surface area contributed by atoms with Crippen LogP contribution < -0.4 is 5.32 Å². The van der Waals surface area contributed by atoms with Crippen molar-refractivity contribution >= 4 is 38.3 Å². The number of aromatic nitrogens is 3. The molecule has 10 nitrogen and oxygen atoms in total. The molecule has 1 fully saturated rings. The Labute approximate surface area is 160 Å². The number of sulfonamides is 1. The van der Waals surface area contributed by atoms with Crippen molar-refractivity contribution in [2.24, 2.45) is 0 Å². The van der Waals surface area contributed by atoms with Crippen LogP contribution in [0.4, 0.5) is 5.13 Å². The fourth-order valence-corrected chi connectivity index (χ4v) is 4.09. The van der Waals surface area contributed by atoms with Gasteiger partial charge in [-0.1, -0.05) is 0 Å². The molecule has 0 bridgehead atoms. The zero-order chi connectivity index (χ0) is 19.4. The van der Waals surface area contributed by atoms with Crippen LogP contribution in [0.2, 0.25) is 0 Å². The van der Waals surface area contributed by atoms with Crippen LogP contribution in [0.1, 0.15) is 16.2 Å². The van der Waals surface area contributed by atoms with Gasteiger partial charge >= 0.3 is 0 Å². The first-order chi connectivity index (χ1) is 12.8. The van der Waals surface area contributed by atoms with Crippen molar-refractivity contribution in [2.75, 3.05) is 37.8 Å². The van der Waals surface area contributed by atoms with E-state index in [9.17, 15) is 18.0 Å². The van der Waals surface area contributed by atoms with Gasteiger partial charge in [0.15, 0.2) is 5.13 Å². The zero-order valence-electron chi connectivity index (χ0n) is 14.5. The maximum absolute atomic E-state index is 12.4. The number of amides is 2. The van der Waals surface area contributed by atoms with Crippen molar-refractivity contribution in [3.8, 4) is 0 Å². The summed E-state index contributed by atoms with van der Waals surface area (Å²) in [7, 11) is -3.23. The third kappa shape index (κ3) is 5.05. The highest BCUT2D eigenvalue weighted by atomic mass is 32.2. The molecule has 0 radical (unpaired) electrons. The average molecular weight is 410 g/mol. The monoisotopic (exact) mass is 410 g/mol. The summed E-state index contributed by atoms with van der Waals surface area (Å²) in [4.78, 5) is 38.0. The molecule has 0 aromatic carbocycles. The van der Waals surface area contributed by atoms with Gasteiger partial charge in [-0.2, -0.15) is 4.31 Å². The molecule has 1 N–H and O–H groups in total.